The molecule has 0 heterocycles. The van der Waals surface area contributed by atoms with Gasteiger partial charge in [0.1, 0.15) is 11.8 Å². The molecule has 6 heteroatoms. The van der Waals surface area contributed by atoms with E-state index in [0.717, 1.165) is 0 Å². The van der Waals surface area contributed by atoms with Crippen molar-refractivity contribution in [1.82, 2.24) is 10.6 Å². The Balaban J connectivity index is 2.17. The predicted octanol–water partition coefficient (Wildman–Crippen LogP) is 1.58. The lowest BCUT2D eigenvalue weighted by atomic mass is 10.1. The highest BCUT2D eigenvalue weighted by molar-refractivity contribution is 5.67. The van der Waals surface area contributed by atoms with Gasteiger partial charge in [-0.15, -0.1) is 0 Å². The minimum atomic E-state index is -0.759. The fourth-order valence-electron chi connectivity index (χ4n) is 1.73. The Labute approximate surface area is 119 Å². The molecule has 2 unspecified atom stereocenters. The van der Waals surface area contributed by atoms with Gasteiger partial charge in [-0.2, -0.15) is 0 Å². The largest absolute Gasteiger partial charge is 0.512 e. The number of hydrogen-bond acceptors (Lipinski definition) is 5. The topological polar surface area (TPSA) is 90.8 Å². The number of aliphatic hydroxyl groups excluding tert-OH is 2. The third-order valence-corrected chi connectivity index (χ3v) is 2.55. The van der Waals surface area contributed by atoms with Crippen LogP contribution in [0, 0.1) is 0 Å². The maximum Gasteiger partial charge on any atom is 0.407 e. The van der Waals surface area contributed by atoms with Crippen LogP contribution in [-0.4, -0.2) is 40.7 Å². The van der Waals surface area contributed by atoms with Crippen LogP contribution in [-0.2, 0) is 4.74 Å². The standard InChI is InChI=1S/C14H24N2O4/c1-14(2,3)20-13(19)15-8-7-12(18)16-10-5-4-6-11(17)9-10/h4-6,10,12,16-18H,7-9H2,1-3H3,(H,15,19). The van der Waals surface area contributed by atoms with Crippen LogP contribution >= 0.6 is 0 Å². The van der Waals surface area contributed by atoms with E-state index >= 15 is 0 Å². The number of hydrogen-bond donors (Lipinski definition) is 4. The third-order valence-electron chi connectivity index (χ3n) is 2.55. The summed E-state index contributed by atoms with van der Waals surface area (Å²) in [4.78, 5) is 11.4. The lowest BCUT2D eigenvalue weighted by Gasteiger charge is -2.22. The summed E-state index contributed by atoms with van der Waals surface area (Å²) in [5.41, 5.74) is -0.530. The fraction of sp³-hybridized carbons (Fsp3) is 0.643. The fourth-order valence-corrected chi connectivity index (χ4v) is 1.73. The van der Waals surface area contributed by atoms with Crippen LogP contribution in [0.4, 0.5) is 4.79 Å². The zero-order chi connectivity index (χ0) is 15.2. The van der Waals surface area contributed by atoms with E-state index in [2.05, 4.69) is 10.6 Å². The van der Waals surface area contributed by atoms with Gasteiger partial charge in [0.2, 0.25) is 0 Å². The SMILES string of the molecule is CC(C)(C)OC(=O)NCCC(O)NC1C=CC=C(O)C1. The van der Waals surface area contributed by atoms with Crippen molar-refractivity contribution in [2.75, 3.05) is 6.54 Å². The first kappa shape index (κ1) is 16.5. The molecule has 0 saturated carbocycles. The highest BCUT2D eigenvalue weighted by atomic mass is 16.6. The molecule has 2 atom stereocenters. The Morgan fingerprint density at radius 2 is 2.25 bits per heavy atom. The van der Waals surface area contributed by atoms with Gasteiger partial charge in [-0.25, -0.2) is 4.79 Å². The third kappa shape index (κ3) is 7.16. The van der Waals surface area contributed by atoms with Crippen LogP contribution < -0.4 is 10.6 Å². The summed E-state index contributed by atoms with van der Waals surface area (Å²) >= 11 is 0. The Morgan fingerprint density at radius 3 is 2.85 bits per heavy atom. The van der Waals surface area contributed by atoms with Crippen molar-refractivity contribution < 1.29 is 19.7 Å². The number of allylic oxidation sites excluding steroid dienone is 2. The van der Waals surface area contributed by atoms with Crippen molar-refractivity contribution >= 4 is 6.09 Å². The molecule has 0 radical (unpaired) electrons. The molecule has 0 aromatic carbocycles. The van der Waals surface area contributed by atoms with E-state index in [1.807, 2.05) is 6.08 Å². The summed E-state index contributed by atoms with van der Waals surface area (Å²) in [5.74, 6) is 0.282. The van der Waals surface area contributed by atoms with Crippen molar-refractivity contribution in [3.05, 3.63) is 24.0 Å². The zero-order valence-corrected chi connectivity index (χ0v) is 12.2. The second-order valence-electron chi connectivity index (χ2n) is 5.75. The van der Waals surface area contributed by atoms with Crippen LogP contribution in [0.5, 0.6) is 0 Å². The van der Waals surface area contributed by atoms with Crippen molar-refractivity contribution in [1.29, 1.82) is 0 Å². The van der Waals surface area contributed by atoms with Crippen LogP contribution in [0.1, 0.15) is 33.6 Å². The van der Waals surface area contributed by atoms with Crippen LogP contribution in [0.2, 0.25) is 0 Å². The second kappa shape index (κ2) is 7.31. The molecule has 1 rings (SSSR count). The molecule has 6 nitrogen and oxygen atoms in total. The van der Waals surface area contributed by atoms with Crippen molar-refractivity contribution in [3.8, 4) is 0 Å². The van der Waals surface area contributed by atoms with Gasteiger partial charge in [0.25, 0.3) is 0 Å². The van der Waals surface area contributed by atoms with Gasteiger partial charge in [-0.1, -0.05) is 12.2 Å². The monoisotopic (exact) mass is 284 g/mol. The number of nitrogens with one attached hydrogen (secondary N) is 2. The number of aliphatic hydroxyl groups is 2. The van der Waals surface area contributed by atoms with E-state index in [1.54, 1.807) is 32.9 Å². The van der Waals surface area contributed by atoms with E-state index in [0.29, 0.717) is 19.4 Å². The molecule has 0 spiro atoms. The maximum atomic E-state index is 11.4. The molecule has 1 aliphatic rings. The molecule has 0 bridgehead atoms. The normalized spacial score (nSPS) is 20.2. The molecule has 0 aromatic rings. The lowest BCUT2D eigenvalue weighted by molar-refractivity contribution is 0.0512. The number of carbonyl (C=O) groups excluding carboxylic acids is 1. The van der Waals surface area contributed by atoms with E-state index in [-0.39, 0.29) is 11.8 Å². The minimum absolute atomic E-state index is 0.100. The Bertz CT molecular complexity index is 385. The second-order valence-corrected chi connectivity index (χ2v) is 5.75. The van der Waals surface area contributed by atoms with Crippen LogP contribution in [0.3, 0.4) is 0 Å². The van der Waals surface area contributed by atoms with E-state index < -0.39 is 17.9 Å². The summed E-state index contributed by atoms with van der Waals surface area (Å²) < 4.78 is 5.08. The van der Waals surface area contributed by atoms with E-state index in [4.69, 9.17) is 4.74 Å². The summed E-state index contributed by atoms with van der Waals surface area (Å²) in [6.45, 7) is 5.68. The number of alkyl carbamates (subject to hydrolysis) is 1. The molecule has 114 valence electrons. The smallest absolute Gasteiger partial charge is 0.407 e. The van der Waals surface area contributed by atoms with Crippen molar-refractivity contribution in [2.45, 2.75) is 51.5 Å². The van der Waals surface area contributed by atoms with Gasteiger partial charge in [-0.3, -0.25) is 5.32 Å². The molecule has 1 amide bonds. The molecule has 1 aliphatic carbocycles. The molecule has 0 aliphatic heterocycles. The first-order valence-electron chi connectivity index (χ1n) is 6.73. The number of carbonyl (C=O) groups is 1. The highest BCUT2D eigenvalue weighted by Crippen LogP contribution is 2.10. The summed E-state index contributed by atoms with van der Waals surface area (Å²) in [5, 5.41) is 24.7. The average molecular weight is 284 g/mol. The molecule has 4 N–H and O–H groups in total. The van der Waals surface area contributed by atoms with Gasteiger partial charge in [0.15, 0.2) is 0 Å². The predicted molar refractivity (Wildman–Crippen MR) is 76.3 cm³/mol. The van der Waals surface area contributed by atoms with Gasteiger partial charge in [0, 0.05) is 25.4 Å². The lowest BCUT2D eigenvalue weighted by Crippen LogP contribution is -2.41. The molecular weight excluding hydrogens is 260 g/mol. The Hall–Kier alpha value is -1.53. The van der Waals surface area contributed by atoms with Gasteiger partial charge in [-0.05, 0) is 26.8 Å². The Kier molecular flexibility index (Phi) is 6.04. The summed E-state index contributed by atoms with van der Waals surface area (Å²) in [6, 6.07) is -0.100. The summed E-state index contributed by atoms with van der Waals surface area (Å²) in [6.07, 6.45) is 4.77. The van der Waals surface area contributed by atoms with Gasteiger partial charge >= 0.3 is 6.09 Å². The molecular formula is C14H24N2O4. The van der Waals surface area contributed by atoms with E-state index in [1.165, 1.54) is 0 Å². The Morgan fingerprint density at radius 1 is 1.55 bits per heavy atom. The van der Waals surface area contributed by atoms with E-state index in [9.17, 15) is 15.0 Å². The van der Waals surface area contributed by atoms with Crippen molar-refractivity contribution in [2.24, 2.45) is 0 Å². The summed E-state index contributed by atoms with van der Waals surface area (Å²) in [7, 11) is 0. The molecule has 0 saturated heterocycles. The first-order valence-corrected chi connectivity index (χ1v) is 6.73. The van der Waals surface area contributed by atoms with Crippen LogP contribution in [0.15, 0.2) is 24.0 Å². The zero-order valence-electron chi connectivity index (χ0n) is 12.2. The molecule has 0 aromatic heterocycles. The number of amides is 1. The van der Waals surface area contributed by atoms with Gasteiger partial charge < -0.3 is 20.3 Å². The van der Waals surface area contributed by atoms with Gasteiger partial charge in [0.05, 0.1) is 5.76 Å². The van der Waals surface area contributed by atoms with Crippen molar-refractivity contribution in [3.63, 3.8) is 0 Å². The minimum Gasteiger partial charge on any atom is -0.512 e. The maximum absolute atomic E-state index is 11.4. The number of rotatable bonds is 5. The molecule has 20 heavy (non-hydrogen) atoms. The average Bonchev–Trinajstić information content (AvgIpc) is 2.26. The number of ether oxygens (including phenoxy) is 1. The quantitative estimate of drug-likeness (QED) is 0.575. The first-order chi connectivity index (χ1) is 9.26. The van der Waals surface area contributed by atoms with Crippen LogP contribution in [0.25, 0.3) is 0 Å². The molecule has 0 fully saturated rings. The highest BCUT2D eigenvalue weighted by Gasteiger charge is 2.17.